The molecule has 0 saturated carbocycles. The summed E-state index contributed by atoms with van der Waals surface area (Å²) in [5.41, 5.74) is 0. The fourth-order valence-electron chi connectivity index (χ4n) is 4.73. The molecule has 0 amide bonds. The van der Waals surface area contributed by atoms with Crippen LogP contribution in [0.4, 0.5) is 0 Å². The minimum atomic E-state index is 1.00. The van der Waals surface area contributed by atoms with Gasteiger partial charge in [0.25, 0.3) is 0 Å². The van der Waals surface area contributed by atoms with Crippen molar-refractivity contribution < 1.29 is 13.7 Å². The summed E-state index contributed by atoms with van der Waals surface area (Å²) in [5, 5.41) is 0. The van der Waals surface area contributed by atoms with Gasteiger partial charge in [-0.05, 0) is 25.7 Å². The van der Waals surface area contributed by atoms with Crippen LogP contribution in [0, 0.1) is 0 Å². The van der Waals surface area contributed by atoms with Crippen molar-refractivity contribution in [1.82, 2.24) is 0 Å². The number of rotatable bonds is 0. The Morgan fingerprint density at radius 1 is 0.400 bits per heavy atom. The fourth-order valence-corrected chi connectivity index (χ4v) is 4.73. The van der Waals surface area contributed by atoms with E-state index in [0.717, 1.165) is 13.2 Å². The van der Waals surface area contributed by atoms with Gasteiger partial charge in [0.2, 0.25) is 0 Å². The molecule has 116 valence electrons. The average Bonchev–Trinajstić information content (AvgIpc) is 2.57. The monoisotopic (exact) mass is 282 g/mol. The molecule has 0 atom stereocenters. The summed E-state index contributed by atoms with van der Waals surface area (Å²) in [7, 11) is 0. The summed E-state index contributed by atoms with van der Waals surface area (Å²) in [4.78, 5) is 0. The van der Waals surface area contributed by atoms with E-state index in [1.165, 1.54) is 106 Å². The van der Waals surface area contributed by atoms with Crippen molar-refractivity contribution in [3.8, 4) is 0 Å². The summed E-state index contributed by atoms with van der Waals surface area (Å²) in [6.45, 7) is 13.2. The van der Waals surface area contributed by atoms with Crippen LogP contribution < -0.4 is 0 Å². The van der Waals surface area contributed by atoms with Crippen LogP contribution in [0.1, 0.15) is 44.9 Å². The highest BCUT2D eigenvalue weighted by molar-refractivity contribution is 4.60. The van der Waals surface area contributed by atoms with Gasteiger partial charge in [0.05, 0.1) is 39.4 Å². The minimum Gasteiger partial charge on any atom is -0.370 e. The van der Waals surface area contributed by atoms with E-state index in [4.69, 9.17) is 4.74 Å². The van der Waals surface area contributed by atoms with Crippen molar-refractivity contribution in [3.63, 3.8) is 0 Å². The van der Waals surface area contributed by atoms with Gasteiger partial charge >= 0.3 is 0 Å². The Balaban J connectivity index is 1.64. The summed E-state index contributed by atoms with van der Waals surface area (Å²) < 4.78 is 8.44. The number of hydrogen-bond donors (Lipinski definition) is 0. The molecule has 0 radical (unpaired) electrons. The third kappa shape index (κ3) is 3.55. The first-order valence-electron chi connectivity index (χ1n) is 9.11. The third-order valence-electron chi connectivity index (χ3n) is 6.25. The highest BCUT2D eigenvalue weighted by Gasteiger charge is 2.39. The molecule has 20 heavy (non-hydrogen) atoms. The van der Waals surface area contributed by atoms with Crippen molar-refractivity contribution in [2.24, 2.45) is 0 Å². The van der Waals surface area contributed by atoms with Gasteiger partial charge in [-0.15, -0.1) is 0 Å². The normalized spacial score (nSPS) is 31.2. The molecule has 3 aliphatic rings. The van der Waals surface area contributed by atoms with Crippen LogP contribution in [0.15, 0.2) is 0 Å². The molecule has 3 heteroatoms. The summed E-state index contributed by atoms with van der Waals surface area (Å²) in [6.07, 6.45) is 10.3. The maximum atomic E-state index is 5.61. The van der Waals surface area contributed by atoms with Crippen molar-refractivity contribution in [3.05, 3.63) is 0 Å². The van der Waals surface area contributed by atoms with E-state index >= 15 is 0 Å². The largest absolute Gasteiger partial charge is 0.370 e. The van der Waals surface area contributed by atoms with Crippen LogP contribution in [0.25, 0.3) is 0 Å². The SMILES string of the molecule is C1CCCC[N+]2(CCC1)CCC[N+]1(CCOCC1)CC2. The average molecular weight is 282 g/mol. The molecule has 0 aromatic heterocycles. The van der Waals surface area contributed by atoms with E-state index in [0.29, 0.717) is 0 Å². The second-order valence-corrected chi connectivity index (χ2v) is 7.56. The highest BCUT2D eigenvalue weighted by atomic mass is 16.5. The number of ether oxygens (including phenoxy) is 1. The summed E-state index contributed by atoms with van der Waals surface area (Å²) in [6, 6.07) is 0. The standard InChI is InChI=1S/C17H34N2O/c1-2-4-6-9-18(8-5-3-1)10-7-11-19(13-12-18)14-16-20-17-15-19/h1-17H2/q+2. The molecule has 3 aliphatic heterocycles. The van der Waals surface area contributed by atoms with Gasteiger partial charge in [-0.1, -0.05) is 12.8 Å². The molecule has 3 nitrogen and oxygen atoms in total. The van der Waals surface area contributed by atoms with Crippen molar-refractivity contribution in [2.45, 2.75) is 44.9 Å². The molecule has 0 aromatic carbocycles. The van der Waals surface area contributed by atoms with Crippen LogP contribution in [-0.4, -0.2) is 74.5 Å². The predicted octanol–water partition coefficient (Wildman–Crippen LogP) is 2.41. The van der Waals surface area contributed by atoms with Gasteiger partial charge in [-0.2, -0.15) is 0 Å². The van der Waals surface area contributed by atoms with Crippen LogP contribution in [0.3, 0.4) is 0 Å². The van der Waals surface area contributed by atoms with Crippen LogP contribution in [0.2, 0.25) is 0 Å². The molecule has 3 heterocycles. The first-order valence-corrected chi connectivity index (χ1v) is 9.11. The zero-order chi connectivity index (χ0) is 13.7. The lowest BCUT2D eigenvalue weighted by Gasteiger charge is -2.41. The minimum absolute atomic E-state index is 1.00. The molecule has 0 aromatic rings. The van der Waals surface area contributed by atoms with E-state index in [9.17, 15) is 0 Å². The Morgan fingerprint density at radius 3 is 1.45 bits per heavy atom. The molecule has 2 spiro atoms. The van der Waals surface area contributed by atoms with Crippen LogP contribution >= 0.6 is 0 Å². The predicted molar refractivity (Wildman–Crippen MR) is 82.6 cm³/mol. The smallest absolute Gasteiger partial charge is 0.129 e. The summed E-state index contributed by atoms with van der Waals surface area (Å²) in [5.74, 6) is 0. The van der Waals surface area contributed by atoms with Gasteiger partial charge in [0, 0.05) is 6.42 Å². The molecule has 0 aliphatic carbocycles. The number of nitrogens with zero attached hydrogens (tertiary/aromatic N) is 2. The van der Waals surface area contributed by atoms with Gasteiger partial charge < -0.3 is 13.7 Å². The van der Waals surface area contributed by atoms with E-state index < -0.39 is 0 Å². The lowest BCUT2D eigenvalue weighted by atomic mass is 10.1. The van der Waals surface area contributed by atoms with Crippen LogP contribution in [0.5, 0.6) is 0 Å². The zero-order valence-electron chi connectivity index (χ0n) is 13.3. The van der Waals surface area contributed by atoms with Gasteiger partial charge in [-0.25, -0.2) is 0 Å². The van der Waals surface area contributed by atoms with Gasteiger partial charge in [0.15, 0.2) is 0 Å². The maximum Gasteiger partial charge on any atom is 0.129 e. The topological polar surface area (TPSA) is 9.23 Å². The highest BCUT2D eigenvalue weighted by Crippen LogP contribution is 2.24. The molecular formula is C17H34N2O+2. The first-order chi connectivity index (χ1) is 9.83. The Hall–Kier alpha value is -0.120. The summed E-state index contributed by atoms with van der Waals surface area (Å²) >= 11 is 0. The van der Waals surface area contributed by atoms with Gasteiger partial charge in [-0.3, -0.25) is 0 Å². The van der Waals surface area contributed by atoms with Crippen molar-refractivity contribution >= 4 is 0 Å². The maximum absolute atomic E-state index is 5.61. The molecule has 0 N–H and O–H groups in total. The van der Waals surface area contributed by atoms with E-state index in [1.807, 2.05) is 0 Å². The zero-order valence-corrected chi connectivity index (χ0v) is 13.3. The second kappa shape index (κ2) is 6.76. The number of quaternary nitrogens is 2. The van der Waals surface area contributed by atoms with E-state index in [1.54, 1.807) is 0 Å². The van der Waals surface area contributed by atoms with Gasteiger partial charge in [0.1, 0.15) is 26.2 Å². The van der Waals surface area contributed by atoms with Crippen molar-refractivity contribution in [2.75, 3.05) is 65.6 Å². The Labute approximate surface area is 125 Å². The van der Waals surface area contributed by atoms with Crippen LogP contribution in [-0.2, 0) is 4.74 Å². The lowest BCUT2D eigenvalue weighted by Crippen LogP contribution is -2.58. The molecule has 3 fully saturated rings. The second-order valence-electron chi connectivity index (χ2n) is 7.56. The molecule has 0 unspecified atom stereocenters. The Kier molecular flexibility index (Phi) is 5.00. The fraction of sp³-hybridized carbons (Fsp3) is 1.00. The number of morpholine rings is 1. The van der Waals surface area contributed by atoms with Crippen molar-refractivity contribution in [1.29, 1.82) is 0 Å². The van der Waals surface area contributed by atoms with E-state index in [2.05, 4.69) is 0 Å². The quantitative estimate of drug-likeness (QED) is 0.620. The molecule has 0 bridgehead atoms. The Bertz CT molecular complexity index is 289. The third-order valence-corrected chi connectivity index (χ3v) is 6.25. The lowest BCUT2D eigenvalue weighted by molar-refractivity contribution is -0.967. The molecule has 3 rings (SSSR count). The molecule has 3 saturated heterocycles. The first kappa shape index (κ1) is 14.8. The number of hydrogen-bond acceptors (Lipinski definition) is 1. The Morgan fingerprint density at radius 2 is 0.850 bits per heavy atom. The molecular weight excluding hydrogens is 248 g/mol. The van der Waals surface area contributed by atoms with E-state index in [-0.39, 0.29) is 0 Å².